The van der Waals surface area contributed by atoms with Gasteiger partial charge in [0.25, 0.3) is 0 Å². The fourth-order valence-corrected chi connectivity index (χ4v) is 1.18. The van der Waals surface area contributed by atoms with Crippen molar-refractivity contribution >= 4 is 6.29 Å². The van der Waals surface area contributed by atoms with Gasteiger partial charge >= 0.3 is 0 Å². The van der Waals surface area contributed by atoms with Crippen LogP contribution >= 0.6 is 0 Å². The summed E-state index contributed by atoms with van der Waals surface area (Å²) < 4.78 is 6.91. The van der Waals surface area contributed by atoms with Gasteiger partial charge < -0.3 is 9.30 Å². The van der Waals surface area contributed by atoms with E-state index in [9.17, 15) is 4.79 Å². The fourth-order valence-electron chi connectivity index (χ4n) is 1.18. The van der Waals surface area contributed by atoms with E-state index in [1.807, 2.05) is 26.2 Å². The molecule has 0 saturated carbocycles. The molecular weight excluding hydrogens is 154 g/mol. The molecule has 0 radical (unpaired) electrons. The van der Waals surface area contributed by atoms with Gasteiger partial charge in [0.2, 0.25) is 0 Å². The minimum atomic E-state index is -0.0219. The van der Waals surface area contributed by atoms with Crippen molar-refractivity contribution in [1.29, 1.82) is 0 Å². The maximum Gasteiger partial charge on any atom is 0.166 e. The highest BCUT2D eigenvalue weighted by Crippen LogP contribution is 2.19. The van der Waals surface area contributed by atoms with Crippen LogP contribution in [0.4, 0.5) is 0 Å². The molecule has 1 aromatic rings. The smallest absolute Gasteiger partial charge is 0.166 e. The highest BCUT2D eigenvalue weighted by Gasteiger charge is 2.11. The molecule has 3 heteroatoms. The molecule has 0 saturated heterocycles. The lowest BCUT2D eigenvalue weighted by Gasteiger charge is -2.08. The number of hydrogen-bond acceptors (Lipinski definition) is 2. The maximum absolute atomic E-state index is 10.7. The molecule has 0 aliphatic rings. The van der Waals surface area contributed by atoms with Gasteiger partial charge in [-0.2, -0.15) is 0 Å². The van der Waals surface area contributed by atoms with Crippen molar-refractivity contribution in [3.63, 3.8) is 0 Å². The van der Waals surface area contributed by atoms with Crippen molar-refractivity contribution in [1.82, 2.24) is 4.57 Å². The third-order valence-electron chi connectivity index (χ3n) is 2.06. The molecule has 0 bridgehead atoms. The molecule has 12 heavy (non-hydrogen) atoms. The van der Waals surface area contributed by atoms with Crippen molar-refractivity contribution in [2.75, 3.05) is 7.11 Å². The van der Waals surface area contributed by atoms with Crippen LogP contribution in [0.5, 0.6) is 0 Å². The van der Waals surface area contributed by atoms with Crippen molar-refractivity contribution in [2.24, 2.45) is 7.05 Å². The van der Waals surface area contributed by atoms with Gasteiger partial charge in [-0.15, -0.1) is 0 Å². The van der Waals surface area contributed by atoms with E-state index >= 15 is 0 Å². The lowest BCUT2D eigenvalue weighted by molar-refractivity contribution is 0.107. The maximum atomic E-state index is 10.7. The molecule has 1 heterocycles. The lowest BCUT2D eigenvalue weighted by atomic mass is 10.1. The normalized spacial score (nSPS) is 12.9. The number of hydrogen-bond donors (Lipinski definition) is 0. The van der Waals surface area contributed by atoms with E-state index in [0.29, 0.717) is 5.69 Å². The predicted octanol–water partition coefficient (Wildman–Crippen LogP) is 1.54. The third-order valence-corrected chi connectivity index (χ3v) is 2.06. The minimum absolute atomic E-state index is 0.0219. The summed E-state index contributed by atoms with van der Waals surface area (Å²) >= 11 is 0. The molecule has 0 amide bonds. The summed E-state index contributed by atoms with van der Waals surface area (Å²) in [7, 11) is 3.47. The molecule has 0 aliphatic heterocycles. The zero-order valence-corrected chi connectivity index (χ0v) is 7.57. The average molecular weight is 167 g/mol. The van der Waals surface area contributed by atoms with E-state index in [2.05, 4.69) is 0 Å². The highest BCUT2D eigenvalue weighted by molar-refractivity contribution is 5.75. The van der Waals surface area contributed by atoms with Crippen molar-refractivity contribution < 1.29 is 9.53 Å². The Labute approximate surface area is 72.0 Å². The highest BCUT2D eigenvalue weighted by atomic mass is 16.5. The second-order valence-electron chi connectivity index (χ2n) is 2.76. The summed E-state index contributed by atoms with van der Waals surface area (Å²) in [5.74, 6) is 0. The van der Waals surface area contributed by atoms with Crippen molar-refractivity contribution in [2.45, 2.75) is 13.0 Å². The Morgan fingerprint density at radius 2 is 2.33 bits per heavy atom. The lowest BCUT2D eigenvalue weighted by Crippen LogP contribution is -2.01. The first-order valence-electron chi connectivity index (χ1n) is 3.84. The van der Waals surface area contributed by atoms with Crippen LogP contribution in [0, 0.1) is 0 Å². The van der Waals surface area contributed by atoms with Crippen LogP contribution < -0.4 is 0 Å². The van der Waals surface area contributed by atoms with Gasteiger partial charge in [-0.3, -0.25) is 4.79 Å². The summed E-state index contributed by atoms with van der Waals surface area (Å²) in [6.45, 7) is 1.92. The molecule has 66 valence electrons. The zero-order valence-electron chi connectivity index (χ0n) is 7.57. The van der Waals surface area contributed by atoms with Crippen LogP contribution in [0.25, 0.3) is 0 Å². The summed E-state index contributed by atoms with van der Waals surface area (Å²) in [5.41, 5.74) is 1.62. The predicted molar refractivity (Wildman–Crippen MR) is 46.2 cm³/mol. The third kappa shape index (κ3) is 1.41. The number of methoxy groups -OCH3 is 1. The van der Waals surface area contributed by atoms with Gasteiger partial charge in [0.05, 0.1) is 11.8 Å². The Hall–Kier alpha value is -1.09. The van der Waals surface area contributed by atoms with E-state index in [1.54, 1.807) is 11.7 Å². The van der Waals surface area contributed by atoms with Gasteiger partial charge in [-0.05, 0) is 13.0 Å². The molecule has 1 aromatic heterocycles. The summed E-state index contributed by atoms with van der Waals surface area (Å²) in [6.07, 6.45) is 2.69. The molecular formula is C9H13NO2. The molecule has 1 atom stereocenters. The number of aromatic nitrogens is 1. The first kappa shape index (κ1) is 9.00. The first-order valence-corrected chi connectivity index (χ1v) is 3.84. The van der Waals surface area contributed by atoms with Crippen molar-refractivity contribution in [3.05, 3.63) is 23.5 Å². The second-order valence-corrected chi connectivity index (χ2v) is 2.76. The van der Waals surface area contributed by atoms with Gasteiger partial charge in [0.1, 0.15) is 0 Å². The largest absolute Gasteiger partial charge is 0.377 e. The Morgan fingerprint density at radius 3 is 2.83 bits per heavy atom. The Balaban J connectivity index is 3.06. The Bertz CT molecular complexity index is 278. The van der Waals surface area contributed by atoms with Crippen molar-refractivity contribution in [3.8, 4) is 0 Å². The van der Waals surface area contributed by atoms with E-state index in [-0.39, 0.29) is 6.10 Å². The van der Waals surface area contributed by atoms with Gasteiger partial charge in [-0.25, -0.2) is 0 Å². The number of ether oxygens (including phenoxy) is 1. The molecule has 1 rings (SSSR count). The molecule has 0 N–H and O–H groups in total. The summed E-state index contributed by atoms with van der Waals surface area (Å²) in [5, 5.41) is 0. The van der Waals surface area contributed by atoms with Crippen LogP contribution in [0.3, 0.4) is 0 Å². The number of carbonyl (C=O) groups excluding carboxylic acids is 1. The average Bonchev–Trinajstić information content (AvgIpc) is 2.45. The Morgan fingerprint density at radius 1 is 1.67 bits per heavy atom. The molecule has 0 aliphatic carbocycles. The molecule has 0 aromatic carbocycles. The van der Waals surface area contributed by atoms with Crippen LogP contribution in [0.2, 0.25) is 0 Å². The van der Waals surface area contributed by atoms with Crippen LogP contribution in [0.15, 0.2) is 12.3 Å². The van der Waals surface area contributed by atoms with Crippen LogP contribution in [-0.2, 0) is 11.8 Å². The van der Waals surface area contributed by atoms with E-state index in [1.165, 1.54) is 0 Å². The van der Waals surface area contributed by atoms with E-state index in [0.717, 1.165) is 11.8 Å². The van der Waals surface area contributed by atoms with E-state index < -0.39 is 0 Å². The minimum Gasteiger partial charge on any atom is -0.377 e. The summed E-state index contributed by atoms with van der Waals surface area (Å²) in [4.78, 5) is 10.7. The number of rotatable bonds is 3. The molecule has 3 nitrogen and oxygen atoms in total. The first-order chi connectivity index (χ1) is 5.70. The molecule has 0 fully saturated rings. The van der Waals surface area contributed by atoms with Gasteiger partial charge in [0, 0.05) is 25.9 Å². The fraction of sp³-hybridized carbons (Fsp3) is 0.444. The van der Waals surface area contributed by atoms with Gasteiger partial charge in [0.15, 0.2) is 6.29 Å². The van der Waals surface area contributed by atoms with E-state index in [4.69, 9.17) is 4.74 Å². The Kier molecular flexibility index (Phi) is 2.65. The zero-order chi connectivity index (χ0) is 9.14. The second kappa shape index (κ2) is 3.54. The number of aryl methyl sites for hydroxylation is 1. The topological polar surface area (TPSA) is 31.2 Å². The van der Waals surface area contributed by atoms with Crippen LogP contribution in [0.1, 0.15) is 29.1 Å². The summed E-state index contributed by atoms with van der Waals surface area (Å²) in [6, 6.07) is 1.90. The van der Waals surface area contributed by atoms with Crippen LogP contribution in [-0.4, -0.2) is 18.0 Å². The van der Waals surface area contributed by atoms with Gasteiger partial charge in [-0.1, -0.05) is 0 Å². The monoisotopic (exact) mass is 167 g/mol. The number of aldehydes is 1. The molecule has 0 unspecified atom stereocenters. The SMILES string of the molecule is CO[C@@H](C)c1ccn(C)c1C=O. The number of carbonyl (C=O) groups is 1. The quantitative estimate of drug-likeness (QED) is 0.639. The standard InChI is InChI=1S/C9H13NO2/c1-7(12-3)8-4-5-10(2)9(8)6-11/h4-7H,1-3H3/t7-/m0/s1. The molecule has 0 spiro atoms. The number of nitrogens with zero attached hydrogens (tertiary/aromatic N) is 1.